The highest BCUT2D eigenvalue weighted by Crippen LogP contribution is 2.29. The number of ether oxygens (including phenoxy) is 1. The molecule has 0 amide bonds. The topological polar surface area (TPSA) is 44.7 Å². The number of hydrogen-bond acceptors (Lipinski definition) is 4. The monoisotopic (exact) mass is 306 g/mol. The van der Waals surface area contributed by atoms with Gasteiger partial charge in [-0.2, -0.15) is 0 Å². The van der Waals surface area contributed by atoms with E-state index in [1.807, 2.05) is 12.1 Å². The fraction of sp³-hybridized carbons (Fsp3) is 0.667. The summed E-state index contributed by atoms with van der Waals surface area (Å²) in [5, 5.41) is 13.9. The van der Waals surface area contributed by atoms with Crippen LogP contribution in [0.5, 0.6) is 5.75 Å². The second-order valence-corrected chi connectivity index (χ2v) is 6.15. The van der Waals surface area contributed by atoms with E-state index in [9.17, 15) is 5.11 Å². The van der Waals surface area contributed by atoms with Gasteiger partial charge < -0.3 is 20.1 Å². The van der Waals surface area contributed by atoms with Gasteiger partial charge in [0.05, 0.1) is 12.7 Å². The molecule has 1 unspecified atom stereocenters. The van der Waals surface area contributed by atoms with E-state index in [0.29, 0.717) is 0 Å². The standard InChI is InChI=1S/C18H30N2O2/c1-4-13-22-18-6-5-16(14(2)15(18)3)17(21)7-10-20-11-8-19-9-12-20/h5-6,17,19,21H,4,7-13H2,1-3H3. The number of piperazine rings is 1. The average molecular weight is 306 g/mol. The third-order valence-electron chi connectivity index (χ3n) is 4.53. The Hall–Kier alpha value is -1.10. The first-order valence-corrected chi connectivity index (χ1v) is 8.47. The van der Waals surface area contributed by atoms with Crippen LogP contribution in [-0.2, 0) is 0 Å². The zero-order chi connectivity index (χ0) is 15.9. The molecule has 1 atom stereocenters. The van der Waals surface area contributed by atoms with Gasteiger partial charge in [0.2, 0.25) is 0 Å². The van der Waals surface area contributed by atoms with E-state index in [1.165, 1.54) is 0 Å². The van der Waals surface area contributed by atoms with Crippen LogP contribution in [0.2, 0.25) is 0 Å². The van der Waals surface area contributed by atoms with Crippen molar-refractivity contribution >= 4 is 0 Å². The van der Waals surface area contributed by atoms with Crippen molar-refractivity contribution in [2.24, 2.45) is 0 Å². The molecule has 0 spiro atoms. The van der Waals surface area contributed by atoms with E-state index >= 15 is 0 Å². The molecule has 1 heterocycles. The molecule has 22 heavy (non-hydrogen) atoms. The van der Waals surface area contributed by atoms with Gasteiger partial charge in [0, 0.05) is 32.7 Å². The van der Waals surface area contributed by atoms with Crippen LogP contribution in [0.1, 0.15) is 42.6 Å². The predicted octanol–water partition coefficient (Wildman–Crippen LogP) is 2.42. The van der Waals surface area contributed by atoms with Gasteiger partial charge in [-0.15, -0.1) is 0 Å². The highest BCUT2D eigenvalue weighted by atomic mass is 16.5. The van der Waals surface area contributed by atoms with Crippen molar-refractivity contribution in [2.45, 2.75) is 39.7 Å². The Morgan fingerprint density at radius 3 is 2.64 bits per heavy atom. The molecule has 1 aliphatic rings. The summed E-state index contributed by atoms with van der Waals surface area (Å²) in [5.74, 6) is 0.942. The quantitative estimate of drug-likeness (QED) is 0.812. The molecule has 124 valence electrons. The zero-order valence-electron chi connectivity index (χ0n) is 14.2. The Labute approximate surface area is 134 Å². The van der Waals surface area contributed by atoms with Crippen LogP contribution in [0.3, 0.4) is 0 Å². The number of aliphatic hydroxyl groups excluding tert-OH is 1. The number of hydrogen-bond donors (Lipinski definition) is 2. The smallest absolute Gasteiger partial charge is 0.122 e. The average Bonchev–Trinajstić information content (AvgIpc) is 2.55. The summed E-state index contributed by atoms with van der Waals surface area (Å²) in [6, 6.07) is 4.02. The van der Waals surface area contributed by atoms with Crippen molar-refractivity contribution in [3.05, 3.63) is 28.8 Å². The summed E-state index contributed by atoms with van der Waals surface area (Å²) in [7, 11) is 0. The summed E-state index contributed by atoms with van der Waals surface area (Å²) in [6.45, 7) is 12.2. The molecule has 4 nitrogen and oxygen atoms in total. The first-order valence-electron chi connectivity index (χ1n) is 8.47. The minimum absolute atomic E-state index is 0.395. The first kappa shape index (κ1) is 17.3. The third kappa shape index (κ3) is 4.45. The Bertz CT molecular complexity index is 470. The Balaban J connectivity index is 1.96. The lowest BCUT2D eigenvalue weighted by molar-refractivity contribution is 0.136. The molecule has 2 rings (SSSR count). The molecule has 1 aromatic carbocycles. The molecular formula is C18H30N2O2. The van der Waals surface area contributed by atoms with Gasteiger partial charge in [0.15, 0.2) is 0 Å². The fourth-order valence-corrected chi connectivity index (χ4v) is 2.94. The lowest BCUT2D eigenvalue weighted by Crippen LogP contribution is -2.44. The summed E-state index contributed by atoms with van der Waals surface area (Å²) >= 11 is 0. The third-order valence-corrected chi connectivity index (χ3v) is 4.53. The van der Waals surface area contributed by atoms with Crippen molar-refractivity contribution < 1.29 is 9.84 Å². The molecule has 1 saturated heterocycles. The number of nitrogens with one attached hydrogen (secondary N) is 1. The van der Waals surface area contributed by atoms with Crippen molar-refractivity contribution in [1.29, 1.82) is 0 Å². The largest absolute Gasteiger partial charge is 0.493 e. The van der Waals surface area contributed by atoms with E-state index in [4.69, 9.17) is 4.74 Å². The van der Waals surface area contributed by atoms with E-state index < -0.39 is 6.10 Å². The Morgan fingerprint density at radius 2 is 1.95 bits per heavy atom. The minimum atomic E-state index is -0.395. The number of benzene rings is 1. The maximum atomic E-state index is 10.5. The van der Waals surface area contributed by atoms with Gasteiger partial charge in [-0.05, 0) is 49.4 Å². The van der Waals surface area contributed by atoms with Crippen LogP contribution < -0.4 is 10.1 Å². The Kier molecular flexibility index (Phi) is 6.68. The molecule has 0 aromatic heterocycles. The molecule has 4 heteroatoms. The SMILES string of the molecule is CCCOc1ccc(C(O)CCN2CCNCC2)c(C)c1C. The van der Waals surface area contributed by atoms with E-state index in [2.05, 4.69) is 31.0 Å². The van der Waals surface area contributed by atoms with Gasteiger partial charge in [-0.25, -0.2) is 0 Å². The molecule has 2 N–H and O–H groups in total. The fourth-order valence-electron chi connectivity index (χ4n) is 2.94. The van der Waals surface area contributed by atoms with Gasteiger partial charge >= 0.3 is 0 Å². The van der Waals surface area contributed by atoms with Crippen molar-refractivity contribution in [3.63, 3.8) is 0 Å². The van der Waals surface area contributed by atoms with Gasteiger partial charge in [-0.3, -0.25) is 0 Å². The van der Waals surface area contributed by atoms with Crippen molar-refractivity contribution in [1.82, 2.24) is 10.2 Å². The van der Waals surface area contributed by atoms with E-state index in [1.54, 1.807) is 0 Å². The van der Waals surface area contributed by atoms with Crippen LogP contribution >= 0.6 is 0 Å². The van der Waals surface area contributed by atoms with Crippen LogP contribution in [-0.4, -0.2) is 49.3 Å². The second-order valence-electron chi connectivity index (χ2n) is 6.15. The maximum absolute atomic E-state index is 10.5. The maximum Gasteiger partial charge on any atom is 0.122 e. The first-order chi connectivity index (χ1) is 10.6. The van der Waals surface area contributed by atoms with Gasteiger partial charge in [-0.1, -0.05) is 13.0 Å². The highest BCUT2D eigenvalue weighted by Gasteiger charge is 2.16. The molecule has 1 aromatic rings. The summed E-state index contributed by atoms with van der Waals surface area (Å²) in [5.41, 5.74) is 3.34. The van der Waals surface area contributed by atoms with E-state index in [0.717, 1.165) is 74.6 Å². The zero-order valence-corrected chi connectivity index (χ0v) is 14.2. The number of aliphatic hydroxyl groups is 1. The van der Waals surface area contributed by atoms with Crippen molar-refractivity contribution in [3.8, 4) is 5.75 Å². The molecule has 0 radical (unpaired) electrons. The van der Waals surface area contributed by atoms with Gasteiger partial charge in [0.25, 0.3) is 0 Å². The lowest BCUT2D eigenvalue weighted by Gasteiger charge is -2.28. The molecule has 0 aliphatic carbocycles. The second kappa shape index (κ2) is 8.51. The summed E-state index contributed by atoms with van der Waals surface area (Å²) in [6.07, 6.45) is 1.40. The molecule has 0 bridgehead atoms. The molecule has 1 fully saturated rings. The molecule has 0 saturated carbocycles. The van der Waals surface area contributed by atoms with Crippen LogP contribution in [0.15, 0.2) is 12.1 Å². The lowest BCUT2D eigenvalue weighted by atomic mass is 9.96. The van der Waals surface area contributed by atoms with Crippen LogP contribution in [0, 0.1) is 13.8 Å². The predicted molar refractivity (Wildman–Crippen MR) is 90.6 cm³/mol. The van der Waals surface area contributed by atoms with E-state index in [-0.39, 0.29) is 0 Å². The number of rotatable bonds is 7. The Morgan fingerprint density at radius 1 is 1.23 bits per heavy atom. The van der Waals surface area contributed by atoms with Crippen molar-refractivity contribution in [2.75, 3.05) is 39.3 Å². The highest BCUT2D eigenvalue weighted by molar-refractivity contribution is 5.44. The van der Waals surface area contributed by atoms with Crippen LogP contribution in [0.4, 0.5) is 0 Å². The summed E-state index contributed by atoms with van der Waals surface area (Å²) < 4.78 is 5.76. The van der Waals surface area contributed by atoms with Crippen LogP contribution in [0.25, 0.3) is 0 Å². The van der Waals surface area contributed by atoms with Gasteiger partial charge in [0.1, 0.15) is 5.75 Å². The molecular weight excluding hydrogens is 276 g/mol. The summed E-state index contributed by atoms with van der Waals surface area (Å²) in [4.78, 5) is 2.42. The minimum Gasteiger partial charge on any atom is -0.493 e. The number of nitrogens with zero attached hydrogens (tertiary/aromatic N) is 1. The normalized spacial score (nSPS) is 17.5. The molecule has 1 aliphatic heterocycles.